The first kappa shape index (κ1) is 20.4. The van der Waals surface area contributed by atoms with Crippen LogP contribution in [0.3, 0.4) is 0 Å². The van der Waals surface area contributed by atoms with Crippen molar-refractivity contribution in [2.75, 3.05) is 13.6 Å². The van der Waals surface area contributed by atoms with Gasteiger partial charge >= 0.3 is 0 Å². The van der Waals surface area contributed by atoms with E-state index in [9.17, 15) is 14.4 Å². The molecule has 8 heteroatoms. The van der Waals surface area contributed by atoms with E-state index in [-0.39, 0.29) is 36.0 Å². The number of nitrogens with one attached hydrogen (secondary N) is 2. The minimum Gasteiger partial charge on any atom is -0.351 e. The number of hydrogen-bond donors (Lipinski definition) is 2. The molecule has 1 saturated carbocycles. The van der Waals surface area contributed by atoms with Crippen molar-refractivity contribution in [3.05, 3.63) is 17.5 Å². The minimum atomic E-state index is -1.04. The van der Waals surface area contributed by atoms with Crippen LogP contribution in [0.15, 0.2) is 6.07 Å². The quantitative estimate of drug-likeness (QED) is 0.724. The van der Waals surface area contributed by atoms with Crippen LogP contribution in [0.5, 0.6) is 0 Å². The minimum absolute atomic E-state index is 0.162. The van der Waals surface area contributed by atoms with Crippen molar-refractivity contribution >= 4 is 17.7 Å². The van der Waals surface area contributed by atoms with Crippen LogP contribution < -0.4 is 10.6 Å². The Morgan fingerprint density at radius 1 is 1.29 bits per heavy atom. The number of carbonyl (C=O) groups excluding carboxylic acids is 3. The molecular formula is C20H31N5O3. The maximum atomic E-state index is 13.0. The van der Waals surface area contributed by atoms with E-state index in [1.54, 1.807) is 14.0 Å². The zero-order valence-electron chi connectivity index (χ0n) is 17.1. The number of hydrogen-bond acceptors (Lipinski definition) is 4. The van der Waals surface area contributed by atoms with Gasteiger partial charge in [-0.2, -0.15) is 5.10 Å². The summed E-state index contributed by atoms with van der Waals surface area (Å²) >= 11 is 0. The van der Waals surface area contributed by atoms with Gasteiger partial charge in [0.05, 0.1) is 6.54 Å². The van der Waals surface area contributed by atoms with E-state index < -0.39 is 5.54 Å². The Balaban J connectivity index is 1.76. The third-order valence-electron chi connectivity index (χ3n) is 5.98. The smallest absolute Gasteiger partial charge is 0.272 e. The van der Waals surface area contributed by atoms with E-state index in [1.807, 2.05) is 0 Å². The topological polar surface area (TPSA) is 96.3 Å². The van der Waals surface area contributed by atoms with Crippen LogP contribution in [-0.4, -0.2) is 57.6 Å². The number of fused-ring (bicyclic) bond motifs is 1. The number of likely N-dealkylation sites (N-methyl/N-ethyl adjacent to an activating group) is 1. The number of unbranched alkanes of at least 4 members (excludes halogenated alkanes) is 1. The Hall–Kier alpha value is -2.38. The van der Waals surface area contributed by atoms with Gasteiger partial charge in [0.15, 0.2) is 5.69 Å². The standard InChI is InChI=1S/C20H31N5O3/c1-4-5-11-21-17(26)15-12-16-18(27)24(3)20(2,13-25(16)23-15)19(28)22-14-9-7-6-8-10-14/h12,14H,4-11,13H2,1-3H3,(H,21,26)(H,22,28)/t20-/m0/s1. The number of nitrogens with zero attached hydrogens (tertiary/aromatic N) is 3. The van der Waals surface area contributed by atoms with Gasteiger partial charge in [-0.15, -0.1) is 0 Å². The van der Waals surface area contributed by atoms with Gasteiger partial charge in [-0.05, 0) is 26.2 Å². The largest absolute Gasteiger partial charge is 0.351 e. The Labute approximate surface area is 166 Å². The molecule has 2 N–H and O–H groups in total. The molecule has 154 valence electrons. The molecule has 0 spiro atoms. The van der Waals surface area contributed by atoms with Gasteiger partial charge in [-0.3, -0.25) is 19.1 Å². The molecule has 1 atom stereocenters. The summed E-state index contributed by atoms with van der Waals surface area (Å²) in [7, 11) is 1.64. The van der Waals surface area contributed by atoms with Crippen molar-refractivity contribution < 1.29 is 14.4 Å². The molecule has 1 fully saturated rings. The van der Waals surface area contributed by atoms with E-state index in [0.29, 0.717) is 12.2 Å². The second-order valence-corrected chi connectivity index (χ2v) is 8.13. The summed E-state index contributed by atoms with van der Waals surface area (Å²) < 4.78 is 1.50. The first-order chi connectivity index (χ1) is 13.4. The molecule has 1 aliphatic heterocycles. The molecule has 3 rings (SSSR count). The highest BCUT2D eigenvalue weighted by atomic mass is 16.2. The summed E-state index contributed by atoms with van der Waals surface area (Å²) in [6.07, 6.45) is 7.29. The Morgan fingerprint density at radius 2 is 2.00 bits per heavy atom. The Bertz CT molecular complexity index is 753. The fourth-order valence-electron chi connectivity index (χ4n) is 3.90. The Morgan fingerprint density at radius 3 is 2.68 bits per heavy atom. The fraction of sp³-hybridized carbons (Fsp3) is 0.700. The van der Waals surface area contributed by atoms with Crippen molar-refractivity contribution in [1.29, 1.82) is 0 Å². The monoisotopic (exact) mass is 389 g/mol. The summed E-state index contributed by atoms with van der Waals surface area (Å²) in [5, 5.41) is 10.3. The summed E-state index contributed by atoms with van der Waals surface area (Å²) in [5.74, 6) is -0.753. The summed E-state index contributed by atoms with van der Waals surface area (Å²) in [5.41, 5.74) is -0.486. The second kappa shape index (κ2) is 8.32. The van der Waals surface area contributed by atoms with Crippen LogP contribution in [0.2, 0.25) is 0 Å². The maximum Gasteiger partial charge on any atom is 0.272 e. The average molecular weight is 390 g/mol. The number of amides is 3. The molecule has 28 heavy (non-hydrogen) atoms. The van der Waals surface area contributed by atoms with Gasteiger partial charge in [0, 0.05) is 25.7 Å². The predicted octanol–water partition coefficient (Wildman–Crippen LogP) is 1.71. The third-order valence-corrected chi connectivity index (χ3v) is 5.98. The van der Waals surface area contributed by atoms with Crippen LogP contribution in [-0.2, 0) is 11.3 Å². The number of carbonyl (C=O) groups is 3. The number of rotatable bonds is 6. The summed E-state index contributed by atoms with van der Waals surface area (Å²) in [4.78, 5) is 39.7. The van der Waals surface area contributed by atoms with Crippen molar-refractivity contribution in [3.8, 4) is 0 Å². The van der Waals surface area contributed by atoms with Gasteiger partial charge in [0.1, 0.15) is 11.2 Å². The summed E-state index contributed by atoms with van der Waals surface area (Å²) in [6, 6.07) is 1.68. The lowest BCUT2D eigenvalue weighted by Crippen LogP contribution is -2.63. The molecule has 0 aromatic carbocycles. The van der Waals surface area contributed by atoms with E-state index in [2.05, 4.69) is 22.7 Å². The molecule has 1 aliphatic carbocycles. The van der Waals surface area contributed by atoms with E-state index in [1.165, 1.54) is 22.1 Å². The van der Waals surface area contributed by atoms with E-state index >= 15 is 0 Å². The van der Waals surface area contributed by atoms with Crippen molar-refractivity contribution in [2.24, 2.45) is 0 Å². The molecule has 1 aromatic rings. The Kier molecular flexibility index (Phi) is 6.05. The highest BCUT2D eigenvalue weighted by Gasteiger charge is 2.46. The SMILES string of the molecule is CCCCNC(=O)c1cc2n(n1)C[C@@](C)(C(=O)NC1CCCCC1)N(C)C2=O. The lowest BCUT2D eigenvalue weighted by atomic mass is 9.92. The van der Waals surface area contributed by atoms with E-state index in [4.69, 9.17) is 0 Å². The van der Waals surface area contributed by atoms with Gasteiger partial charge in [0.25, 0.3) is 11.8 Å². The zero-order valence-corrected chi connectivity index (χ0v) is 17.1. The molecule has 2 aliphatic rings. The molecule has 3 amide bonds. The van der Waals surface area contributed by atoms with Crippen LogP contribution in [0.1, 0.15) is 79.8 Å². The van der Waals surface area contributed by atoms with Crippen molar-refractivity contribution in [2.45, 2.75) is 76.9 Å². The van der Waals surface area contributed by atoms with Crippen LogP contribution in [0.4, 0.5) is 0 Å². The molecule has 0 unspecified atom stereocenters. The molecule has 2 heterocycles. The van der Waals surface area contributed by atoms with Gasteiger partial charge in [-0.1, -0.05) is 32.6 Å². The molecule has 8 nitrogen and oxygen atoms in total. The fourth-order valence-corrected chi connectivity index (χ4v) is 3.90. The van der Waals surface area contributed by atoms with Crippen molar-refractivity contribution in [3.63, 3.8) is 0 Å². The highest BCUT2D eigenvalue weighted by Crippen LogP contribution is 2.27. The average Bonchev–Trinajstić information content (AvgIpc) is 3.11. The highest BCUT2D eigenvalue weighted by molar-refractivity contribution is 6.01. The molecule has 0 radical (unpaired) electrons. The van der Waals surface area contributed by atoms with E-state index in [0.717, 1.165) is 38.5 Å². The lowest BCUT2D eigenvalue weighted by molar-refractivity contribution is -0.133. The molecular weight excluding hydrogens is 358 g/mol. The third kappa shape index (κ3) is 3.91. The van der Waals surface area contributed by atoms with Crippen molar-refractivity contribution in [1.82, 2.24) is 25.3 Å². The normalized spacial score (nSPS) is 22.7. The first-order valence-electron chi connectivity index (χ1n) is 10.3. The first-order valence-corrected chi connectivity index (χ1v) is 10.3. The van der Waals surface area contributed by atoms with Crippen LogP contribution in [0, 0.1) is 0 Å². The molecule has 1 aromatic heterocycles. The van der Waals surface area contributed by atoms with Crippen LogP contribution >= 0.6 is 0 Å². The second-order valence-electron chi connectivity index (χ2n) is 8.13. The number of aromatic nitrogens is 2. The maximum absolute atomic E-state index is 13.0. The van der Waals surface area contributed by atoms with Gasteiger partial charge in [-0.25, -0.2) is 0 Å². The summed E-state index contributed by atoms with van der Waals surface area (Å²) in [6.45, 7) is 4.61. The molecule has 0 bridgehead atoms. The van der Waals surface area contributed by atoms with Crippen LogP contribution in [0.25, 0.3) is 0 Å². The zero-order chi connectivity index (χ0) is 20.3. The van der Waals surface area contributed by atoms with Gasteiger partial charge < -0.3 is 15.5 Å². The lowest BCUT2D eigenvalue weighted by Gasteiger charge is -2.41. The van der Waals surface area contributed by atoms with Gasteiger partial charge in [0.2, 0.25) is 5.91 Å². The molecule has 0 saturated heterocycles. The predicted molar refractivity (Wildman–Crippen MR) is 105 cm³/mol.